The topological polar surface area (TPSA) is 111 Å². The minimum absolute atomic E-state index is 0.233. The van der Waals surface area contributed by atoms with Gasteiger partial charge in [-0.1, -0.05) is 12.1 Å². The number of hydrogen-bond donors (Lipinski definition) is 3. The molecule has 3 N–H and O–H groups in total. The van der Waals surface area contributed by atoms with Crippen molar-refractivity contribution in [3.63, 3.8) is 0 Å². The maximum Gasteiger partial charge on any atom is 0.249 e. The third kappa shape index (κ3) is 5.37. The van der Waals surface area contributed by atoms with Gasteiger partial charge < -0.3 is 9.87 Å². The fourth-order valence-electron chi connectivity index (χ4n) is 2.97. The van der Waals surface area contributed by atoms with Crippen molar-refractivity contribution in [2.45, 2.75) is 50.9 Å². The average Bonchev–Trinajstić information content (AvgIpc) is 3.02. The molecule has 0 aliphatic carbocycles. The first kappa shape index (κ1) is 21.4. The van der Waals surface area contributed by atoms with E-state index in [0.717, 1.165) is 22.6 Å². The van der Waals surface area contributed by atoms with E-state index in [9.17, 15) is 14.1 Å². The zero-order valence-corrected chi connectivity index (χ0v) is 17.9. The van der Waals surface area contributed by atoms with Crippen molar-refractivity contribution in [1.29, 1.82) is 0 Å². The summed E-state index contributed by atoms with van der Waals surface area (Å²) in [6.45, 7) is 6.21. The van der Waals surface area contributed by atoms with E-state index < -0.39 is 17.4 Å². The first-order chi connectivity index (χ1) is 13.6. The van der Waals surface area contributed by atoms with Crippen molar-refractivity contribution in [3.05, 3.63) is 36.0 Å². The highest BCUT2D eigenvalue weighted by atomic mass is 32.2. The zero-order chi connectivity index (χ0) is 21.2. The van der Waals surface area contributed by atoms with Gasteiger partial charge in [0.1, 0.15) is 10.8 Å². The standard InChI is InChI=1S/C20H27N5O3S/c1-20(2,3)29(28)21-12-15-11-17(24-25(15)4)13-6-5-7-14(10-13)22-16-8-9-18(26)23-19(16)27/h5-7,10-11,16,21-22H,8-9,12H2,1-4H3,(H,23,26,27). The quantitative estimate of drug-likeness (QED) is 0.489. The molecule has 1 aliphatic heterocycles. The number of amides is 2. The summed E-state index contributed by atoms with van der Waals surface area (Å²) < 4.78 is 16.7. The number of nitrogens with one attached hydrogen (secondary N) is 3. The van der Waals surface area contributed by atoms with Crippen LogP contribution in [0.2, 0.25) is 0 Å². The molecule has 8 nitrogen and oxygen atoms in total. The molecule has 1 fully saturated rings. The van der Waals surface area contributed by atoms with E-state index >= 15 is 0 Å². The Morgan fingerprint density at radius 2 is 2.07 bits per heavy atom. The van der Waals surface area contributed by atoms with Crippen LogP contribution in [0, 0.1) is 0 Å². The van der Waals surface area contributed by atoms with Gasteiger partial charge in [0.15, 0.2) is 0 Å². The van der Waals surface area contributed by atoms with Crippen molar-refractivity contribution in [3.8, 4) is 11.3 Å². The van der Waals surface area contributed by atoms with Gasteiger partial charge in [-0.3, -0.25) is 19.6 Å². The molecule has 2 unspecified atom stereocenters. The molecule has 1 aromatic carbocycles. The lowest BCUT2D eigenvalue weighted by atomic mass is 10.0. The first-order valence-corrected chi connectivity index (χ1v) is 10.7. The summed E-state index contributed by atoms with van der Waals surface area (Å²) in [4.78, 5) is 23.3. The number of anilines is 1. The van der Waals surface area contributed by atoms with Crippen LogP contribution in [0.4, 0.5) is 5.69 Å². The molecule has 0 bridgehead atoms. The largest absolute Gasteiger partial charge is 0.598 e. The van der Waals surface area contributed by atoms with Crippen LogP contribution in [0.25, 0.3) is 11.3 Å². The van der Waals surface area contributed by atoms with Crippen molar-refractivity contribution in [1.82, 2.24) is 19.8 Å². The molecule has 2 amide bonds. The molecule has 2 aromatic rings. The number of aryl methyl sites for hydroxylation is 1. The van der Waals surface area contributed by atoms with E-state index in [-0.39, 0.29) is 16.6 Å². The van der Waals surface area contributed by atoms with Gasteiger partial charge in [-0.2, -0.15) is 5.10 Å². The summed E-state index contributed by atoms with van der Waals surface area (Å²) in [6, 6.07) is 9.17. The van der Waals surface area contributed by atoms with Crippen LogP contribution in [0.15, 0.2) is 30.3 Å². The summed E-state index contributed by atoms with van der Waals surface area (Å²) in [5.41, 5.74) is 3.40. The van der Waals surface area contributed by atoms with Crippen LogP contribution >= 0.6 is 0 Å². The molecule has 0 saturated carbocycles. The highest BCUT2D eigenvalue weighted by molar-refractivity contribution is 7.90. The van der Waals surface area contributed by atoms with Crippen LogP contribution in [0.5, 0.6) is 0 Å². The summed E-state index contributed by atoms with van der Waals surface area (Å²) in [6.07, 6.45) is 0.800. The van der Waals surface area contributed by atoms with E-state index in [1.165, 1.54) is 0 Å². The normalized spacial score (nSPS) is 18.4. The van der Waals surface area contributed by atoms with E-state index in [2.05, 4.69) is 20.5 Å². The number of hydrogen-bond acceptors (Lipinski definition) is 6. The van der Waals surface area contributed by atoms with Gasteiger partial charge in [-0.05, 0) is 45.4 Å². The maximum atomic E-state index is 12.2. The number of carbonyl (C=O) groups is 2. The first-order valence-electron chi connectivity index (χ1n) is 9.52. The van der Waals surface area contributed by atoms with Crippen LogP contribution < -0.4 is 15.4 Å². The summed E-state index contributed by atoms with van der Waals surface area (Å²) >= 11 is -1.16. The number of aromatic nitrogens is 2. The fraction of sp³-hybridized carbons (Fsp3) is 0.450. The minimum atomic E-state index is -1.16. The van der Waals surface area contributed by atoms with E-state index in [0.29, 0.717) is 19.4 Å². The second-order valence-corrected chi connectivity index (χ2v) is 10.1. The summed E-state index contributed by atoms with van der Waals surface area (Å²) in [5.74, 6) is -0.534. The molecule has 2 atom stereocenters. The lowest BCUT2D eigenvalue weighted by Crippen LogP contribution is -2.47. The van der Waals surface area contributed by atoms with Gasteiger partial charge in [-0.15, -0.1) is 4.72 Å². The highest BCUT2D eigenvalue weighted by Gasteiger charge is 2.27. The van der Waals surface area contributed by atoms with E-state index in [4.69, 9.17) is 0 Å². The Hall–Kier alpha value is -2.36. The predicted octanol–water partition coefficient (Wildman–Crippen LogP) is 1.86. The van der Waals surface area contributed by atoms with Crippen molar-refractivity contribution < 1.29 is 14.1 Å². The van der Waals surface area contributed by atoms with Gasteiger partial charge in [0.25, 0.3) is 0 Å². The Morgan fingerprint density at radius 3 is 2.76 bits per heavy atom. The van der Waals surface area contributed by atoms with Crippen molar-refractivity contribution in [2.75, 3.05) is 5.32 Å². The second kappa shape index (κ2) is 8.56. The van der Waals surface area contributed by atoms with Gasteiger partial charge >= 0.3 is 0 Å². The fourth-order valence-corrected chi connectivity index (χ4v) is 3.68. The zero-order valence-electron chi connectivity index (χ0n) is 17.1. The molecule has 0 radical (unpaired) electrons. The van der Waals surface area contributed by atoms with Crippen molar-refractivity contribution in [2.24, 2.45) is 7.05 Å². The number of rotatable bonds is 6. The number of piperidine rings is 1. The van der Waals surface area contributed by atoms with E-state index in [1.54, 1.807) is 4.68 Å². The Bertz CT molecular complexity index is 906. The molecular weight excluding hydrogens is 390 g/mol. The SMILES string of the molecule is Cn1nc(-c2cccc(NC3CCC(=O)NC3=O)c2)cc1CN[S+]([O-])C(C)(C)C. The monoisotopic (exact) mass is 417 g/mol. The smallest absolute Gasteiger partial charge is 0.249 e. The number of nitrogens with zero attached hydrogens (tertiary/aromatic N) is 2. The van der Waals surface area contributed by atoms with Crippen LogP contribution in [0.1, 0.15) is 39.3 Å². The third-order valence-electron chi connectivity index (χ3n) is 4.66. The third-order valence-corrected chi connectivity index (χ3v) is 6.17. The molecule has 1 aromatic heterocycles. The van der Waals surface area contributed by atoms with Gasteiger partial charge in [0.2, 0.25) is 11.8 Å². The lowest BCUT2D eigenvalue weighted by Gasteiger charge is -2.23. The second-order valence-electron chi connectivity index (χ2n) is 8.08. The molecule has 29 heavy (non-hydrogen) atoms. The molecule has 156 valence electrons. The summed E-state index contributed by atoms with van der Waals surface area (Å²) in [5, 5.41) is 10.1. The maximum absolute atomic E-state index is 12.2. The van der Waals surface area contributed by atoms with Crippen LogP contribution in [-0.2, 0) is 34.5 Å². The average molecular weight is 418 g/mol. The van der Waals surface area contributed by atoms with Gasteiger partial charge in [0, 0.05) is 36.1 Å². The Balaban J connectivity index is 1.70. The number of carbonyl (C=O) groups excluding carboxylic acids is 2. The molecule has 1 saturated heterocycles. The van der Waals surface area contributed by atoms with Crippen LogP contribution in [-0.4, -0.2) is 36.9 Å². The number of imide groups is 1. The number of benzene rings is 1. The highest BCUT2D eigenvalue weighted by Crippen LogP contribution is 2.24. The van der Waals surface area contributed by atoms with Gasteiger partial charge in [-0.25, -0.2) is 0 Å². The minimum Gasteiger partial charge on any atom is -0.598 e. The molecule has 2 heterocycles. The molecule has 0 spiro atoms. The Labute approximate surface area is 173 Å². The Morgan fingerprint density at radius 1 is 1.31 bits per heavy atom. The Kier molecular flexibility index (Phi) is 6.30. The molecule has 1 aliphatic rings. The molecular formula is C20H27N5O3S. The van der Waals surface area contributed by atoms with Crippen LogP contribution in [0.3, 0.4) is 0 Å². The predicted molar refractivity (Wildman–Crippen MR) is 113 cm³/mol. The van der Waals surface area contributed by atoms with E-state index in [1.807, 2.05) is 58.2 Å². The molecule has 3 rings (SSSR count). The molecule has 9 heteroatoms. The summed E-state index contributed by atoms with van der Waals surface area (Å²) in [7, 11) is 1.85. The van der Waals surface area contributed by atoms with Gasteiger partial charge in [0.05, 0.1) is 17.9 Å². The van der Waals surface area contributed by atoms with Crippen molar-refractivity contribution >= 4 is 28.9 Å². The lowest BCUT2D eigenvalue weighted by molar-refractivity contribution is -0.133.